The van der Waals surface area contributed by atoms with Gasteiger partial charge in [-0.05, 0) is 37.1 Å². The van der Waals surface area contributed by atoms with Crippen molar-refractivity contribution in [2.24, 2.45) is 0 Å². The molecule has 0 spiro atoms. The molecule has 7 heteroatoms. The minimum Gasteiger partial charge on any atom is -0.504 e. The molecule has 0 aliphatic heterocycles. The topological polar surface area (TPSA) is 98.0 Å². The lowest BCUT2D eigenvalue weighted by atomic mass is 9.92. The number of carbonyl (C=O) groups is 1. The van der Waals surface area contributed by atoms with E-state index in [1.165, 1.54) is 24.3 Å². The summed E-state index contributed by atoms with van der Waals surface area (Å²) in [4.78, 5) is 12.9. The molecular formula is C17H16Br2O5. The molecular weight excluding hydrogens is 444 g/mol. The van der Waals surface area contributed by atoms with Gasteiger partial charge >= 0.3 is 0 Å². The van der Waals surface area contributed by atoms with Gasteiger partial charge in [0, 0.05) is 32.9 Å². The Balaban J connectivity index is 2.62. The third kappa shape index (κ3) is 3.52. The van der Waals surface area contributed by atoms with Gasteiger partial charge in [0.1, 0.15) is 0 Å². The summed E-state index contributed by atoms with van der Waals surface area (Å²) in [6, 6.07) is 5.39. The number of alkyl halides is 2. The van der Waals surface area contributed by atoms with Crippen molar-refractivity contribution < 1.29 is 25.2 Å². The van der Waals surface area contributed by atoms with Crippen molar-refractivity contribution in [3.05, 3.63) is 46.5 Å². The maximum atomic E-state index is 12.9. The molecule has 0 bridgehead atoms. The predicted octanol–water partition coefficient (Wildman–Crippen LogP) is 3.61. The largest absolute Gasteiger partial charge is 0.504 e. The summed E-state index contributed by atoms with van der Waals surface area (Å²) in [5.41, 5.74) is 1.14. The van der Waals surface area contributed by atoms with Crippen LogP contribution in [-0.2, 0) is 12.8 Å². The third-order valence-electron chi connectivity index (χ3n) is 3.70. The Morgan fingerprint density at radius 1 is 0.750 bits per heavy atom. The van der Waals surface area contributed by atoms with E-state index in [4.69, 9.17) is 0 Å². The SMILES string of the molecule is O=C(c1ccc(O)c(O)c1CCBr)c1ccc(O)c(O)c1CCBr. The second-order valence-electron chi connectivity index (χ2n) is 5.13. The second kappa shape index (κ2) is 7.90. The number of rotatable bonds is 6. The maximum Gasteiger partial charge on any atom is 0.193 e. The summed E-state index contributed by atoms with van der Waals surface area (Å²) < 4.78 is 0. The van der Waals surface area contributed by atoms with Crippen LogP contribution in [-0.4, -0.2) is 36.9 Å². The third-order valence-corrected chi connectivity index (χ3v) is 4.49. The first-order chi connectivity index (χ1) is 11.4. The Bertz CT molecular complexity index is 711. The summed E-state index contributed by atoms with van der Waals surface area (Å²) in [6.07, 6.45) is 0.693. The van der Waals surface area contributed by atoms with Crippen LogP contribution in [0.4, 0.5) is 0 Å². The molecule has 0 saturated carbocycles. The van der Waals surface area contributed by atoms with Crippen LogP contribution < -0.4 is 0 Å². The Morgan fingerprint density at radius 2 is 1.12 bits per heavy atom. The van der Waals surface area contributed by atoms with Gasteiger partial charge in [0.15, 0.2) is 28.8 Å². The van der Waals surface area contributed by atoms with E-state index >= 15 is 0 Å². The maximum absolute atomic E-state index is 12.9. The zero-order valence-electron chi connectivity index (χ0n) is 12.6. The van der Waals surface area contributed by atoms with Crippen molar-refractivity contribution in [1.29, 1.82) is 0 Å². The Kier molecular flexibility index (Phi) is 6.12. The van der Waals surface area contributed by atoms with Gasteiger partial charge in [0.05, 0.1) is 0 Å². The molecule has 0 fully saturated rings. The average Bonchev–Trinajstić information content (AvgIpc) is 2.56. The van der Waals surface area contributed by atoms with E-state index in [-0.39, 0.29) is 34.1 Å². The quantitative estimate of drug-likeness (QED) is 0.300. The first-order valence-electron chi connectivity index (χ1n) is 7.16. The highest BCUT2D eigenvalue weighted by Gasteiger charge is 2.23. The molecule has 24 heavy (non-hydrogen) atoms. The zero-order valence-corrected chi connectivity index (χ0v) is 15.8. The molecule has 2 aromatic carbocycles. The molecule has 2 aromatic rings. The number of benzene rings is 2. The molecule has 0 aromatic heterocycles. The van der Waals surface area contributed by atoms with Crippen LogP contribution in [0.1, 0.15) is 27.0 Å². The van der Waals surface area contributed by atoms with Crippen molar-refractivity contribution in [2.45, 2.75) is 12.8 Å². The molecule has 0 saturated heterocycles. The monoisotopic (exact) mass is 458 g/mol. The standard InChI is InChI=1S/C17H16Br2O5/c18-7-5-11-9(1-3-13(20)16(11)23)15(22)10-2-4-14(21)17(24)12(10)6-8-19/h1-4,20-21,23-24H,5-8H2. The number of carbonyl (C=O) groups excluding carboxylic acids is 1. The van der Waals surface area contributed by atoms with E-state index in [1.54, 1.807) is 0 Å². The highest BCUT2D eigenvalue weighted by Crippen LogP contribution is 2.36. The summed E-state index contributed by atoms with van der Waals surface area (Å²) >= 11 is 6.52. The van der Waals surface area contributed by atoms with E-state index in [0.717, 1.165) is 0 Å². The minimum absolute atomic E-state index is 0.241. The van der Waals surface area contributed by atoms with Crippen LogP contribution in [0.25, 0.3) is 0 Å². The first kappa shape index (κ1) is 18.6. The molecule has 0 aliphatic carbocycles. The number of hydrogen-bond donors (Lipinski definition) is 4. The molecule has 128 valence electrons. The molecule has 0 radical (unpaired) electrons. The molecule has 0 unspecified atom stereocenters. The normalized spacial score (nSPS) is 10.8. The van der Waals surface area contributed by atoms with Gasteiger partial charge in [-0.15, -0.1) is 0 Å². The highest BCUT2D eigenvalue weighted by molar-refractivity contribution is 9.09. The fraction of sp³-hybridized carbons (Fsp3) is 0.235. The number of aromatic hydroxyl groups is 4. The number of phenols is 4. The van der Waals surface area contributed by atoms with Gasteiger partial charge in [-0.25, -0.2) is 0 Å². The molecule has 0 heterocycles. The number of hydrogen-bond acceptors (Lipinski definition) is 5. The predicted molar refractivity (Wildman–Crippen MR) is 98.0 cm³/mol. The number of phenolic OH excluding ortho intramolecular Hbond substituents is 4. The van der Waals surface area contributed by atoms with Crippen LogP contribution >= 0.6 is 31.9 Å². The fourth-order valence-electron chi connectivity index (χ4n) is 2.51. The van der Waals surface area contributed by atoms with E-state index < -0.39 is 5.78 Å². The molecule has 4 N–H and O–H groups in total. The van der Waals surface area contributed by atoms with Gasteiger partial charge < -0.3 is 20.4 Å². The second-order valence-corrected chi connectivity index (χ2v) is 6.71. The van der Waals surface area contributed by atoms with Crippen LogP contribution in [0.3, 0.4) is 0 Å². The summed E-state index contributed by atoms with van der Waals surface area (Å²) in [5, 5.41) is 40.4. The van der Waals surface area contributed by atoms with Gasteiger partial charge in [-0.3, -0.25) is 4.79 Å². The van der Waals surface area contributed by atoms with Crippen LogP contribution in [0.15, 0.2) is 24.3 Å². The van der Waals surface area contributed by atoms with Gasteiger partial charge in [0.25, 0.3) is 0 Å². The van der Waals surface area contributed by atoms with Crippen molar-refractivity contribution in [1.82, 2.24) is 0 Å². The summed E-state index contributed by atoms with van der Waals surface area (Å²) in [5.74, 6) is -1.64. The van der Waals surface area contributed by atoms with Crippen molar-refractivity contribution in [2.75, 3.05) is 10.7 Å². The van der Waals surface area contributed by atoms with Crippen molar-refractivity contribution in [3.8, 4) is 23.0 Å². The number of ketones is 1. The smallest absolute Gasteiger partial charge is 0.193 e. The lowest BCUT2D eigenvalue weighted by molar-refractivity contribution is 0.103. The number of halogens is 2. The lowest BCUT2D eigenvalue weighted by Gasteiger charge is -2.14. The van der Waals surface area contributed by atoms with Crippen LogP contribution in [0.2, 0.25) is 0 Å². The fourth-order valence-corrected chi connectivity index (χ4v) is 3.31. The Hall–Kier alpha value is -1.73. The van der Waals surface area contributed by atoms with Crippen LogP contribution in [0.5, 0.6) is 23.0 Å². The van der Waals surface area contributed by atoms with Gasteiger partial charge in [0.2, 0.25) is 0 Å². The molecule has 0 amide bonds. The Morgan fingerprint density at radius 3 is 1.46 bits per heavy atom. The van der Waals surface area contributed by atoms with E-state index in [9.17, 15) is 25.2 Å². The summed E-state index contributed by atoms with van der Waals surface area (Å²) in [6.45, 7) is 0. The zero-order chi connectivity index (χ0) is 17.9. The van der Waals surface area contributed by atoms with Crippen molar-refractivity contribution >= 4 is 37.6 Å². The lowest BCUT2D eigenvalue weighted by Crippen LogP contribution is -2.10. The highest BCUT2D eigenvalue weighted by atomic mass is 79.9. The molecule has 5 nitrogen and oxygen atoms in total. The van der Waals surface area contributed by atoms with E-state index in [0.29, 0.717) is 34.6 Å². The Labute approximate surface area is 155 Å². The molecule has 0 atom stereocenters. The molecule has 2 rings (SSSR count). The first-order valence-corrected chi connectivity index (χ1v) is 9.40. The minimum atomic E-state index is -0.396. The van der Waals surface area contributed by atoms with Crippen LogP contribution in [0, 0.1) is 0 Å². The van der Waals surface area contributed by atoms with E-state index in [2.05, 4.69) is 31.9 Å². The summed E-state index contributed by atoms with van der Waals surface area (Å²) in [7, 11) is 0. The average molecular weight is 460 g/mol. The van der Waals surface area contributed by atoms with Crippen molar-refractivity contribution in [3.63, 3.8) is 0 Å². The molecule has 0 aliphatic rings. The van der Waals surface area contributed by atoms with Gasteiger partial charge in [-0.2, -0.15) is 0 Å². The van der Waals surface area contributed by atoms with Gasteiger partial charge in [-0.1, -0.05) is 31.9 Å². The van der Waals surface area contributed by atoms with E-state index in [1.807, 2.05) is 0 Å².